The van der Waals surface area contributed by atoms with Gasteiger partial charge in [-0.05, 0) is 37.5 Å². The summed E-state index contributed by atoms with van der Waals surface area (Å²) >= 11 is 0. The lowest BCUT2D eigenvalue weighted by atomic mass is 10.00. The molecule has 0 aliphatic carbocycles. The summed E-state index contributed by atoms with van der Waals surface area (Å²) in [5.74, 6) is -0.604. The van der Waals surface area contributed by atoms with Crippen LogP contribution in [0, 0.1) is 11.8 Å². The van der Waals surface area contributed by atoms with Crippen molar-refractivity contribution >= 4 is 39.5 Å². The van der Waals surface area contributed by atoms with Crippen LogP contribution in [0.2, 0.25) is 0 Å². The second-order valence-electron chi connectivity index (χ2n) is 28.5. The highest BCUT2D eigenvalue weighted by atomic mass is 31.2. The van der Waals surface area contributed by atoms with Crippen LogP contribution in [0.15, 0.2) is 0 Å². The van der Waals surface area contributed by atoms with E-state index in [2.05, 4.69) is 41.5 Å². The van der Waals surface area contributed by atoms with Crippen LogP contribution < -0.4 is 0 Å². The molecule has 6 atom stereocenters. The zero-order valence-electron chi connectivity index (χ0n) is 62.7. The zero-order chi connectivity index (χ0) is 70.7. The number of unbranched alkanes of at least 4 members (excludes halogenated alkanes) is 45. The third kappa shape index (κ3) is 69.2. The molecule has 19 heteroatoms. The molecule has 17 nitrogen and oxygen atoms in total. The Bertz CT molecular complexity index is 1860. The first-order valence-electron chi connectivity index (χ1n) is 40.0. The maximum absolute atomic E-state index is 13.1. The van der Waals surface area contributed by atoms with Crippen molar-refractivity contribution in [2.75, 3.05) is 39.6 Å². The minimum Gasteiger partial charge on any atom is -0.462 e. The van der Waals surface area contributed by atoms with E-state index in [1.54, 1.807) is 0 Å². The van der Waals surface area contributed by atoms with Gasteiger partial charge in [0.2, 0.25) is 0 Å². The Morgan fingerprint density at radius 1 is 0.302 bits per heavy atom. The van der Waals surface area contributed by atoms with E-state index in [4.69, 9.17) is 37.0 Å². The Hall–Kier alpha value is -1.94. The fourth-order valence-electron chi connectivity index (χ4n) is 11.8. The minimum atomic E-state index is -4.96. The highest BCUT2D eigenvalue weighted by Crippen LogP contribution is 2.45. The smallest absolute Gasteiger partial charge is 0.462 e. The highest BCUT2D eigenvalue weighted by Gasteiger charge is 2.30. The van der Waals surface area contributed by atoms with Crippen LogP contribution in [0.5, 0.6) is 0 Å². The second kappa shape index (κ2) is 68.8. The molecule has 96 heavy (non-hydrogen) atoms. The molecule has 0 heterocycles. The van der Waals surface area contributed by atoms with E-state index in [0.717, 1.165) is 115 Å². The number of esters is 4. The molecule has 0 radical (unpaired) electrons. The zero-order valence-corrected chi connectivity index (χ0v) is 64.5. The molecule has 0 fully saturated rings. The predicted octanol–water partition coefficient (Wildman–Crippen LogP) is 22.7. The molecule has 0 saturated heterocycles. The van der Waals surface area contributed by atoms with Crippen molar-refractivity contribution in [3.8, 4) is 0 Å². The third-order valence-corrected chi connectivity index (χ3v) is 20.2. The average molecular weight is 1410 g/mol. The molecule has 0 bridgehead atoms. The second-order valence-corrected chi connectivity index (χ2v) is 31.4. The standard InChI is InChI=1S/C77H150O17P2/c1-7-10-12-14-16-17-18-19-20-21-22-23-24-25-26-27-32-35-38-42-49-55-61-76(81)93-72(66-88-75(80)60-54-48-41-37-34-31-29-28-30-33-36-40-45-51-57-69(4)5)67-91-95(83,84)89-63-71(78)64-90-96(85,86)92-68-73(65-87-74(79)59-53-47-39-15-13-11-8-2)94-77(82)62-56-50-44-43-46-52-58-70(6)9-3/h69-73,78H,7-68H2,1-6H3,(H,83,84)(H,85,86)/t70?,71-,72-,73-/m1/s1. The Morgan fingerprint density at radius 2 is 0.531 bits per heavy atom. The van der Waals surface area contributed by atoms with Gasteiger partial charge in [0.15, 0.2) is 12.2 Å². The van der Waals surface area contributed by atoms with Gasteiger partial charge < -0.3 is 33.8 Å². The van der Waals surface area contributed by atoms with E-state index in [-0.39, 0.29) is 25.7 Å². The fraction of sp³-hybridized carbons (Fsp3) is 0.948. The summed E-state index contributed by atoms with van der Waals surface area (Å²) in [6.07, 6.45) is 57.3. The maximum Gasteiger partial charge on any atom is 0.472 e. The lowest BCUT2D eigenvalue weighted by molar-refractivity contribution is -0.161. The van der Waals surface area contributed by atoms with Gasteiger partial charge in [-0.15, -0.1) is 0 Å². The summed E-state index contributed by atoms with van der Waals surface area (Å²) in [5, 5.41) is 10.6. The first-order valence-corrected chi connectivity index (χ1v) is 43.0. The monoisotopic (exact) mass is 1410 g/mol. The van der Waals surface area contributed by atoms with Gasteiger partial charge in [-0.1, -0.05) is 350 Å². The van der Waals surface area contributed by atoms with Gasteiger partial charge in [0, 0.05) is 25.7 Å². The fourth-order valence-corrected chi connectivity index (χ4v) is 13.4. The lowest BCUT2D eigenvalue weighted by Gasteiger charge is -2.21. The Morgan fingerprint density at radius 3 is 0.792 bits per heavy atom. The third-order valence-electron chi connectivity index (χ3n) is 18.3. The minimum absolute atomic E-state index is 0.103. The highest BCUT2D eigenvalue weighted by molar-refractivity contribution is 7.47. The molecule has 0 aromatic heterocycles. The maximum atomic E-state index is 13.1. The normalized spacial score (nSPS) is 14.3. The summed E-state index contributed by atoms with van der Waals surface area (Å²) in [5.41, 5.74) is 0. The molecule has 3 unspecified atom stereocenters. The predicted molar refractivity (Wildman–Crippen MR) is 391 cm³/mol. The quantitative estimate of drug-likeness (QED) is 0.0222. The van der Waals surface area contributed by atoms with Crippen molar-refractivity contribution < 1.29 is 80.2 Å². The van der Waals surface area contributed by atoms with Crippen LogP contribution in [-0.2, 0) is 65.4 Å². The molecule has 0 aliphatic heterocycles. The van der Waals surface area contributed by atoms with Crippen LogP contribution in [0.1, 0.15) is 401 Å². The van der Waals surface area contributed by atoms with Crippen molar-refractivity contribution in [3.05, 3.63) is 0 Å². The molecule has 0 spiro atoms. The van der Waals surface area contributed by atoms with Crippen LogP contribution in [0.4, 0.5) is 0 Å². The van der Waals surface area contributed by atoms with Gasteiger partial charge in [-0.3, -0.25) is 37.3 Å². The number of aliphatic hydroxyl groups is 1. The summed E-state index contributed by atoms with van der Waals surface area (Å²) in [6, 6.07) is 0. The van der Waals surface area contributed by atoms with E-state index >= 15 is 0 Å². The molecule has 3 N–H and O–H groups in total. The molecule has 0 amide bonds. The Labute approximate surface area is 588 Å². The number of hydrogen-bond acceptors (Lipinski definition) is 15. The van der Waals surface area contributed by atoms with E-state index in [1.807, 2.05) is 0 Å². The van der Waals surface area contributed by atoms with E-state index < -0.39 is 97.5 Å². The molecular weight excluding hydrogens is 1260 g/mol. The van der Waals surface area contributed by atoms with Gasteiger partial charge in [0.05, 0.1) is 26.4 Å². The number of phosphoric ester groups is 2. The number of carbonyl (C=O) groups is 4. The largest absolute Gasteiger partial charge is 0.472 e. The number of aliphatic hydroxyl groups excluding tert-OH is 1. The van der Waals surface area contributed by atoms with Gasteiger partial charge in [0.1, 0.15) is 19.3 Å². The number of rotatable bonds is 76. The van der Waals surface area contributed by atoms with Crippen molar-refractivity contribution in [1.29, 1.82) is 0 Å². The van der Waals surface area contributed by atoms with E-state index in [1.165, 1.54) is 205 Å². The first kappa shape index (κ1) is 94.1. The van der Waals surface area contributed by atoms with Crippen molar-refractivity contribution in [1.82, 2.24) is 0 Å². The van der Waals surface area contributed by atoms with Crippen LogP contribution in [-0.4, -0.2) is 96.7 Å². The summed E-state index contributed by atoms with van der Waals surface area (Å²) in [4.78, 5) is 72.6. The number of ether oxygens (including phenoxy) is 4. The van der Waals surface area contributed by atoms with Gasteiger partial charge in [0.25, 0.3) is 0 Å². The molecule has 0 saturated carbocycles. The average Bonchev–Trinajstić information content (AvgIpc) is 1.77. The van der Waals surface area contributed by atoms with Gasteiger partial charge in [-0.2, -0.15) is 0 Å². The van der Waals surface area contributed by atoms with Crippen LogP contribution >= 0.6 is 15.6 Å². The SMILES string of the molecule is CCCCCCCCCCCCCCCCCCCCCCCCC(=O)O[C@H](COC(=O)CCCCCCCCCCCCCCCCC(C)C)COP(=O)(O)OC[C@@H](O)COP(=O)(O)OC[C@@H](COC(=O)CCCCCCCCC)OC(=O)CCCCCCCCC(C)CC. The molecule has 0 aliphatic rings. The van der Waals surface area contributed by atoms with E-state index in [9.17, 15) is 43.2 Å². The first-order chi connectivity index (χ1) is 46.4. The van der Waals surface area contributed by atoms with Crippen LogP contribution in [0.3, 0.4) is 0 Å². The van der Waals surface area contributed by atoms with Crippen molar-refractivity contribution in [2.45, 2.75) is 419 Å². The molecule has 0 aromatic carbocycles. The summed E-state index contributed by atoms with van der Waals surface area (Å²) < 4.78 is 68.4. The Kier molecular flexibility index (Phi) is 67.4. The molecule has 0 aromatic rings. The van der Waals surface area contributed by atoms with Crippen LogP contribution in [0.25, 0.3) is 0 Å². The molecule has 0 rings (SSSR count). The summed E-state index contributed by atoms with van der Waals surface area (Å²) in [6.45, 7) is 9.52. The van der Waals surface area contributed by atoms with Gasteiger partial charge >= 0.3 is 39.5 Å². The number of hydrogen-bond donors (Lipinski definition) is 3. The van der Waals surface area contributed by atoms with Gasteiger partial charge in [-0.25, -0.2) is 9.13 Å². The topological polar surface area (TPSA) is 237 Å². The lowest BCUT2D eigenvalue weighted by Crippen LogP contribution is -2.30. The summed E-state index contributed by atoms with van der Waals surface area (Å²) in [7, 11) is -9.90. The molecular formula is C77H150O17P2. The van der Waals surface area contributed by atoms with Crippen molar-refractivity contribution in [2.24, 2.45) is 11.8 Å². The number of carbonyl (C=O) groups excluding carboxylic acids is 4. The number of phosphoric acid groups is 2. The van der Waals surface area contributed by atoms with E-state index in [0.29, 0.717) is 25.7 Å². The van der Waals surface area contributed by atoms with Crippen molar-refractivity contribution in [3.63, 3.8) is 0 Å². The Balaban J connectivity index is 5.15. The molecule has 570 valence electrons.